The monoisotopic (exact) mass is 559 g/mol. The molecule has 3 atom stereocenters. The minimum absolute atomic E-state index is 0.0754. The molecule has 2 aromatic heterocycles. The minimum atomic E-state index is -1.64. The van der Waals surface area contributed by atoms with Gasteiger partial charge >= 0.3 is 12.3 Å². The van der Waals surface area contributed by atoms with Crippen LogP contribution in [-0.4, -0.2) is 69.3 Å². The van der Waals surface area contributed by atoms with Gasteiger partial charge in [-0.15, -0.1) is 6.42 Å². The Morgan fingerprint density at radius 1 is 1.10 bits per heavy atom. The van der Waals surface area contributed by atoms with Crippen LogP contribution in [0, 0.1) is 19.3 Å². The molecule has 1 amide bonds. The van der Waals surface area contributed by atoms with E-state index >= 15 is 0 Å². The second-order valence-corrected chi connectivity index (χ2v) is 9.38. The van der Waals surface area contributed by atoms with Crippen LogP contribution in [0.1, 0.15) is 77.8 Å². The molecule has 13 heteroatoms. The van der Waals surface area contributed by atoms with E-state index in [1.54, 1.807) is 11.5 Å². The number of nitrogens with one attached hydrogen (secondary N) is 1. The number of nitrogens with zero attached hydrogens (tertiary/aromatic N) is 4. The third-order valence-electron chi connectivity index (χ3n) is 6.13. The van der Waals surface area contributed by atoms with Crippen LogP contribution >= 0.6 is 0 Å². The van der Waals surface area contributed by atoms with Crippen LogP contribution < -0.4 is 5.32 Å². The topological polar surface area (TPSA) is 153 Å². The predicted molar refractivity (Wildman–Crippen MR) is 143 cm³/mol. The summed E-state index contributed by atoms with van der Waals surface area (Å²) in [5.41, 5.74) is -0.906. The Bertz CT molecular complexity index is 1230. The van der Waals surface area contributed by atoms with E-state index in [9.17, 15) is 14.4 Å². The van der Waals surface area contributed by atoms with E-state index in [0.29, 0.717) is 36.3 Å². The number of unbranched alkanes of at least 4 members (excludes halogenated alkanes) is 2. The van der Waals surface area contributed by atoms with Gasteiger partial charge in [-0.1, -0.05) is 39.5 Å². The highest BCUT2D eigenvalue weighted by atomic mass is 16.7. The van der Waals surface area contributed by atoms with Gasteiger partial charge in [-0.3, -0.25) is 9.36 Å². The fourth-order valence-electron chi connectivity index (χ4n) is 4.13. The Balaban J connectivity index is 1.88. The highest BCUT2D eigenvalue weighted by molar-refractivity contribution is 5.96. The van der Waals surface area contributed by atoms with Crippen molar-refractivity contribution in [2.75, 3.05) is 25.1 Å². The number of carbonyl (C=O) groups is 3. The lowest BCUT2D eigenvalue weighted by Gasteiger charge is -2.28. The zero-order valence-corrected chi connectivity index (χ0v) is 23.4. The molecule has 3 heterocycles. The van der Waals surface area contributed by atoms with Crippen molar-refractivity contribution in [3.8, 4) is 12.3 Å². The smallest absolute Gasteiger partial charge is 0.434 e. The molecular formula is C27H37N5O8. The molecule has 0 aromatic carbocycles. The van der Waals surface area contributed by atoms with Crippen LogP contribution in [0.15, 0.2) is 6.33 Å². The molecule has 3 rings (SSSR count). The van der Waals surface area contributed by atoms with Crippen molar-refractivity contribution < 1.29 is 38.1 Å². The van der Waals surface area contributed by atoms with Gasteiger partial charge in [-0.25, -0.2) is 24.5 Å². The van der Waals surface area contributed by atoms with Crippen molar-refractivity contribution in [1.82, 2.24) is 19.5 Å². The van der Waals surface area contributed by atoms with Crippen LogP contribution in [-0.2, 0) is 28.5 Å². The lowest BCUT2D eigenvalue weighted by atomic mass is 9.98. The van der Waals surface area contributed by atoms with E-state index in [0.717, 1.165) is 19.3 Å². The summed E-state index contributed by atoms with van der Waals surface area (Å²) in [5, 5.41) is 2.82. The van der Waals surface area contributed by atoms with Crippen LogP contribution in [0.5, 0.6) is 0 Å². The largest absolute Gasteiger partial charge is 0.508 e. The first-order valence-corrected chi connectivity index (χ1v) is 13.6. The number of hydrogen-bond donors (Lipinski definition) is 1. The normalized spacial score (nSPS) is 20.1. The third kappa shape index (κ3) is 7.59. The Hall–Kier alpha value is -3.92. The van der Waals surface area contributed by atoms with Crippen molar-refractivity contribution in [1.29, 1.82) is 0 Å². The first-order chi connectivity index (χ1) is 19.3. The standard InChI is InChI=1S/C27H37N5O8/c1-6-10-11-12-20(33)31-23-22-24(30-18(5)29-23)32(17-28-22)21-15-19(39-26(35)37-14-8-3)27(9-4,40-21)16-38-25(34)36-13-7-2/h4,17,19,21H,6-8,10-16H2,1-3,5H3,(H,29,30,31,33)/t19-,21+,27+/m0/s1. The molecule has 0 spiro atoms. The van der Waals surface area contributed by atoms with E-state index < -0.39 is 36.9 Å². The maximum absolute atomic E-state index is 12.5. The molecule has 0 radical (unpaired) electrons. The Morgan fingerprint density at radius 3 is 2.50 bits per heavy atom. The van der Waals surface area contributed by atoms with Gasteiger partial charge in [0.25, 0.3) is 0 Å². The van der Waals surface area contributed by atoms with E-state index in [4.69, 9.17) is 30.1 Å². The highest BCUT2D eigenvalue weighted by Gasteiger charge is 2.53. The molecule has 1 fully saturated rings. The number of aromatic nitrogens is 4. The number of rotatable bonds is 13. The number of carbonyl (C=O) groups excluding carboxylic acids is 3. The molecule has 218 valence electrons. The second-order valence-electron chi connectivity index (χ2n) is 9.38. The number of aryl methyl sites for hydroxylation is 1. The van der Waals surface area contributed by atoms with Crippen molar-refractivity contribution in [3.05, 3.63) is 12.2 Å². The van der Waals surface area contributed by atoms with E-state index in [2.05, 4.69) is 33.1 Å². The van der Waals surface area contributed by atoms with Crippen molar-refractivity contribution in [2.45, 2.75) is 90.6 Å². The van der Waals surface area contributed by atoms with Gasteiger partial charge in [-0.05, 0) is 26.2 Å². The fraction of sp³-hybridized carbons (Fsp3) is 0.630. The zero-order valence-electron chi connectivity index (χ0n) is 23.4. The summed E-state index contributed by atoms with van der Waals surface area (Å²) in [5.74, 6) is 3.01. The second kappa shape index (κ2) is 14.5. The first-order valence-electron chi connectivity index (χ1n) is 13.6. The zero-order chi connectivity index (χ0) is 29.1. The maximum atomic E-state index is 12.5. The summed E-state index contributed by atoms with van der Waals surface area (Å²) in [6.45, 7) is 7.34. The molecule has 0 unspecified atom stereocenters. The molecule has 1 aliphatic rings. The molecule has 1 N–H and O–H groups in total. The Morgan fingerprint density at radius 2 is 1.82 bits per heavy atom. The highest BCUT2D eigenvalue weighted by Crippen LogP contribution is 2.40. The predicted octanol–water partition coefficient (Wildman–Crippen LogP) is 4.44. The molecule has 13 nitrogen and oxygen atoms in total. The molecule has 40 heavy (non-hydrogen) atoms. The lowest BCUT2D eigenvalue weighted by molar-refractivity contribution is -0.116. The summed E-state index contributed by atoms with van der Waals surface area (Å²) in [7, 11) is 0. The third-order valence-corrected chi connectivity index (χ3v) is 6.13. The van der Waals surface area contributed by atoms with Gasteiger partial charge in [0.15, 0.2) is 23.1 Å². The molecular weight excluding hydrogens is 522 g/mol. The maximum Gasteiger partial charge on any atom is 0.508 e. The van der Waals surface area contributed by atoms with Crippen molar-refractivity contribution in [2.24, 2.45) is 0 Å². The van der Waals surface area contributed by atoms with Crippen LogP contribution in [0.2, 0.25) is 0 Å². The van der Waals surface area contributed by atoms with Crippen molar-refractivity contribution >= 4 is 35.2 Å². The van der Waals surface area contributed by atoms with Crippen LogP contribution in [0.25, 0.3) is 11.2 Å². The molecule has 0 saturated carbocycles. The number of fused-ring (bicyclic) bond motifs is 1. The van der Waals surface area contributed by atoms with Gasteiger partial charge in [0.1, 0.15) is 18.7 Å². The van der Waals surface area contributed by atoms with Gasteiger partial charge in [0.2, 0.25) is 11.5 Å². The number of anilines is 1. The van der Waals surface area contributed by atoms with E-state index in [1.807, 2.05) is 13.8 Å². The van der Waals surface area contributed by atoms with Crippen LogP contribution in [0.3, 0.4) is 0 Å². The SMILES string of the molecule is C#C[C@]1(COC(=O)OCCC)O[C@@H](n2cnc3c(NC(=O)CCCCC)nc(C)nc32)C[C@@H]1OC(=O)OCCC. The Labute approximate surface area is 233 Å². The van der Waals surface area contributed by atoms with E-state index in [1.165, 1.54) is 6.33 Å². The number of ether oxygens (including phenoxy) is 5. The van der Waals surface area contributed by atoms with Crippen LogP contribution in [0.4, 0.5) is 15.4 Å². The molecule has 0 bridgehead atoms. The van der Waals surface area contributed by atoms with Gasteiger partial charge in [0, 0.05) is 12.8 Å². The average molecular weight is 560 g/mol. The molecule has 1 saturated heterocycles. The Kier molecular flexibility index (Phi) is 11.1. The summed E-state index contributed by atoms with van der Waals surface area (Å²) < 4.78 is 28.6. The van der Waals surface area contributed by atoms with Gasteiger partial charge in [-0.2, -0.15) is 0 Å². The fourth-order valence-corrected chi connectivity index (χ4v) is 4.13. The first kappa shape index (κ1) is 30.6. The summed E-state index contributed by atoms with van der Waals surface area (Å²) in [4.78, 5) is 50.2. The summed E-state index contributed by atoms with van der Waals surface area (Å²) in [6, 6.07) is 0. The number of hydrogen-bond acceptors (Lipinski definition) is 11. The number of terminal acetylenes is 1. The van der Waals surface area contributed by atoms with Gasteiger partial charge < -0.3 is 29.0 Å². The minimum Gasteiger partial charge on any atom is -0.434 e. The quantitative estimate of drug-likeness (QED) is 0.210. The summed E-state index contributed by atoms with van der Waals surface area (Å²) >= 11 is 0. The number of imidazole rings is 1. The molecule has 0 aliphatic carbocycles. The number of amides is 1. The van der Waals surface area contributed by atoms with E-state index in [-0.39, 0.29) is 31.4 Å². The summed E-state index contributed by atoms with van der Waals surface area (Å²) in [6.07, 6.45) is 8.01. The molecule has 1 aliphatic heterocycles. The van der Waals surface area contributed by atoms with Crippen molar-refractivity contribution in [3.63, 3.8) is 0 Å². The average Bonchev–Trinajstić information content (AvgIpc) is 3.51. The lowest BCUT2D eigenvalue weighted by Crippen LogP contribution is -2.45. The molecule has 2 aromatic rings. The van der Waals surface area contributed by atoms with Gasteiger partial charge in [0.05, 0.1) is 19.5 Å².